The molecule has 0 unspecified atom stereocenters. The van der Waals surface area contributed by atoms with Gasteiger partial charge in [0.15, 0.2) is 0 Å². The number of rotatable bonds is 6. The van der Waals surface area contributed by atoms with Crippen molar-refractivity contribution in [2.45, 2.75) is 43.8 Å². The molecule has 0 atom stereocenters. The van der Waals surface area contributed by atoms with E-state index in [9.17, 15) is 14.9 Å². The van der Waals surface area contributed by atoms with E-state index in [1.807, 2.05) is 0 Å². The number of thioether (sulfide) groups is 1. The smallest absolute Gasteiger partial charge is 0.293 e. The number of carbonyl (C=O) groups is 1. The number of aryl methyl sites for hydroxylation is 1. The van der Waals surface area contributed by atoms with E-state index in [0.717, 1.165) is 31.2 Å². The molecule has 0 aliphatic heterocycles. The Morgan fingerprint density at radius 3 is 2.92 bits per heavy atom. The zero-order chi connectivity index (χ0) is 17.8. The number of tetrazole rings is 1. The summed E-state index contributed by atoms with van der Waals surface area (Å²) in [6.07, 6.45) is 4.40. The van der Waals surface area contributed by atoms with Gasteiger partial charge in [0.1, 0.15) is 5.69 Å². The number of amides is 1. The third kappa shape index (κ3) is 4.13. The van der Waals surface area contributed by atoms with Crippen molar-refractivity contribution in [2.75, 3.05) is 11.1 Å². The zero-order valence-corrected chi connectivity index (χ0v) is 14.5. The molecule has 1 amide bonds. The molecular weight excluding hydrogens is 344 g/mol. The average molecular weight is 362 g/mol. The fourth-order valence-corrected chi connectivity index (χ4v) is 3.62. The number of anilines is 1. The molecule has 10 heteroatoms. The highest BCUT2D eigenvalue weighted by atomic mass is 32.2. The minimum absolute atomic E-state index is 0.0815. The van der Waals surface area contributed by atoms with Gasteiger partial charge in [0, 0.05) is 6.07 Å². The van der Waals surface area contributed by atoms with Crippen LogP contribution >= 0.6 is 11.8 Å². The maximum atomic E-state index is 12.2. The molecule has 3 rings (SSSR count). The third-order valence-electron chi connectivity index (χ3n) is 4.09. The lowest BCUT2D eigenvalue weighted by Crippen LogP contribution is -2.16. The van der Waals surface area contributed by atoms with Gasteiger partial charge in [-0.1, -0.05) is 30.7 Å². The number of benzene rings is 1. The lowest BCUT2D eigenvalue weighted by Gasteiger charge is -2.10. The number of hydrogen-bond donors (Lipinski definition) is 1. The second kappa shape index (κ2) is 7.60. The van der Waals surface area contributed by atoms with E-state index >= 15 is 0 Å². The molecule has 0 spiro atoms. The third-order valence-corrected chi connectivity index (χ3v) is 5.02. The molecule has 0 bridgehead atoms. The molecule has 9 nitrogen and oxygen atoms in total. The topological polar surface area (TPSA) is 116 Å². The van der Waals surface area contributed by atoms with Gasteiger partial charge in [0.2, 0.25) is 11.1 Å². The quantitative estimate of drug-likeness (QED) is 0.477. The second-order valence-corrected chi connectivity index (χ2v) is 6.90. The first kappa shape index (κ1) is 17.3. The number of nitrogens with zero attached hydrogens (tertiary/aromatic N) is 5. The Labute approximate surface area is 148 Å². The molecule has 1 heterocycles. The number of nitrogens with one attached hydrogen (secondary N) is 1. The molecule has 1 saturated carbocycles. The van der Waals surface area contributed by atoms with Crippen molar-refractivity contribution in [3.63, 3.8) is 0 Å². The molecule has 1 N–H and O–H groups in total. The predicted molar refractivity (Wildman–Crippen MR) is 92.5 cm³/mol. The first-order valence-electron chi connectivity index (χ1n) is 8.00. The van der Waals surface area contributed by atoms with Crippen LogP contribution in [0.3, 0.4) is 0 Å². The molecule has 1 aliphatic carbocycles. The highest BCUT2D eigenvalue weighted by Crippen LogP contribution is 2.31. The van der Waals surface area contributed by atoms with Crippen molar-refractivity contribution < 1.29 is 9.72 Å². The number of carbonyl (C=O) groups excluding carboxylic acids is 1. The Balaban J connectivity index is 1.63. The fourth-order valence-electron chi connectivity index (χ4n) is 2.87. The Morgan fingerprint density at radius 2 is 2.20 bits per heavy atom. The van der Waals surface area contributed by atoms with Crippen LogP contribution in [-0.4, -0.2) is 36.8 Å². The van der Waals surface area contributed by atoms with Crippen molar-refractivity contribution in [1.29, 1.82) is 0 Å². The van der Waals surface area contributed by atoms with E-state index in [1.54, 1.807) is 23.7 Å². The zero-order valence-electron chi connectivity index (χ0n) is 13.7. The molecule has 2 aromatic rings. The van der Waals surface area contributed by atoms with E-state index in [0.29, 0.717) is 11.2 Å². The van der Waals surface area contributed by atoms with E-state index in [4.69, 9.17) is 0 Å². The van der Waals surface area contributed by atoms with Gasteiger partial charge in [0.25, 0.3) is 5.69 Å². The first-order chi connectivity index (χ1) is 12.0. The normalized spacial score (nSPS) is 14.6. The van der Waals surface area contributed by atoms with Crippen LogP contribution in [0, 0.1) is 17.0 Å². The summed E-state index contributed by atoms with van der Waals surface area (Å²) in [5.74, 6) is -0.254. The first-order valence-corrected chi connectivity index (χ1v) is 8.98. The van der Waals surface area contributed by atoms with Crippen LogP contribution in [0.5, 0.6) is 0 Å². The van der Waals surface area contributed by atoms with Crippen LogP contribution in [0.15, 0.2) is 23.4 Å². The predicted octanol–water partition coefficient (Wildman–Crippen LogP) is 2.74. The van der Waals surface area contributed by atoms with E-state index in [-0.39, 0.29) is 23.0 Å². The Morgan fingerprint density at radius 1 is 1.44 bits per heavy atom. The molecule has 1 aliphatic rings. The summed E-state index contributed by atoms with van der Waals surface area (Å²) in [6.45, 7) is 1.76. The van der Waals surface area contributed by atoms with Gasteiger partial charge in [-0.15, -0.1) is 5.10 Å². The monoisotopic (exact) mass is 362 g/mol. The SMILES string of the molecule is Cc1ccc(NC(=O)CSc2nnnn2C2CCCC2)c([N+](=O)[O-])c1. The van der Waals surface area contributed by atoms with Crippen LogP contribution < -0.4 is 5.32 Å². The summed E-state index contributed by atoms with van der Waals surface area (Å²) >= 11 is 1.23. The van der Waals surface area contributed by atoms with Crippen molar-refractivity contribution in [3.05, 3.63) is 33.9 Å². The number of nitro groups is 1. The van der Waals surface area contributed by atoms with Gasteiger partial charge in [-0.25, -0.2) is 4.68 Å². The highest BCUT2D eigenvalue weighted by Gasteiger charge is 2.22. The van der Waals surface area contributed by atoms with E-state index in [1.165, 1.54) is 17.8 Å². The van der Waals surface area contributed by atoms with Gasteiger partial charge in [-0.2, -0.15) is 0 Å². The molecule has 1 aromatic carbocycles. The lowest BCUT2D eigenvalue weighted by molar-refractivity contribution is -0.384. The van der Waals surface area contributed by atoms with Crippen molar-refractivity contribution >= 4 is 29.0 Å². The largest absolute Gasteiger partial charge is 0.320 e. The maximum absolute atomic E-state index is 12.2. The van der Waals surface area contributed by atoms with Crippen molar-refractivity contribution in [3.8, 4) is 0 Å². The van der Waals surface area contributed by atoms with Crippen LogP contribution in [0.2, 0.25) is 0 Å². The number of hydrogen-bond acceptors (Lipinski definition) is 7. The summed E-state index contributed by atoms with van der Waals surface area (Å²) in [4.78, 5) is 22.8. The van der Waals surface area contributed by atoms with Gasteiger partial charge in [-0.05, 0) is 41.8 Å². The van der Waals surface area contributed by atoms with Crippen LogP contribution in [0.4, 0.5) is 11.4 Å². The minimum Gasteiger partial charge on any atom is -0.320 e. The summed E-state index contributed by atoms with van der Waals surface area (Å²) in [6, 6.07) is 4.98. The number of nitro benzene ring substituents is 1. The molecular formula is C15H18N6O3S. The molecule has 132 valence electrons. The van der Waals surface area contributed by atoms with Gasteiger partial charge < -0.3 is 5.32 Å². The van der Waals surface area contributed by atoms with Crippen LogP contribution in [0.1, 0.15) is 37.3 Å². The second-order valence-electron chi connectivity index (χ2n) is 5.96. The summed E-state index contributed by atoms with van der Waals surface area (Å²) < 4.78 is 1.78. The van der Waals surface area contributed by atoms with Crippen molar-refractivity contribution in [1.82, 2.24) is 20.2 Å². The summed E-state index contributed by atoms with van der Waals surface area (Å²) in [5.41, 5.74) is 0.834. The van der Waals surface area contributed by atoms with Gasteiger partial charge >= 0.3 is 0 Å². The molecule has 25 heavy (non-hydrogen) atoms. The number of aromatic nitrogens is 4. The molecule has 0 saturated heterocycles. The lowest BCUT2D eigenvalue weighted by atomic mass is 10.2. The summed E-state index contributed by atoms with van der Waals surface area (Å²) in [5, 5.41) is 26.0. The van der Waals surface area contributed by atoms with Gasteiger partial charge in [0.05, 0.1) is 16.7 Å². The molecule has 1 aromatic heterocycles. The van der Waals surface area contributed by atoms with E-state index < -0.39 is 4.92 Å². The van der Waals surface area contributed by atoms with Crippen LogP contribution in [0.25, 0.3) is 0 Å². The minimum atomic E-state index is -0.504. The molecule has 1 fully saturated rings. The Bertz CT molecular complexity index is 787. The standard InChI is InChI=1S/C15H18N6O3S/c1-10-6-7-12(13(8-10)21(23)24)16-14(22)9-25-15-17-18-19-20(15)11-4-2-3-5-11/h6-8,11H,2-5,9H2,1H3,(H,16,22). The van der Waals surface area contributed by atoms with Crippen LogP contribution in [-0.2, 0) is 4.79 Å². The average Bonchev–Trinajstić information content (AvgIpc) is 3.25. The van der Waals surface area contributed by atoms with Crippen molar-refractivity contribution in [2.24, 2.45) is 0 Å². The summed E-state index contributed by atoms with van der Waals surface area (Å²) in [7, 11) is 0. The highest BCUT2D eigenvalue weighted by molar-refractivity contribution is 7.99. The fraction of sp³-hybridized carbons (Fsp3) is 0.467. The van der Waals surface area contributed by atoms with Gasteiger partial charge in [-0.3, -0.25) is 14.9 Å². The molecule has 0 radical (unpaired) electrons. The Hall–Kier alpha value is -2.49. The Kier molecular flexibility index (Phi) is 5.27. The maximum Gasteiger partial charge on any atom is 0.293 e. The van der Waals surface area contributed by atoms with E-state index in [2.05, 4.69) is 20.8 Å².